The number of nitrogens with one attached hydrogen (secondary N) is 1. The summed E-state index contributed by atoms with van der Waals surface area (Å²) in [7, 11) is 2.50. The lowest BCUT2D eigenvalue weighted by Gasteiger charge is -2.25. The van der Waals surface area contributed by atoms with Crippen LogP contribution in [0.2, 0.25) is 0 Å². The summed E-state index contributed by atoms with van der Waals surface area (Å²) < 4.78 is 82.1. The highest BCUT2D eigenvalue weighted by Gasteiger charge is 2.32. The number of hydrogen-bond acceptors (Lipinski definition) is 3. The number of likely N-dealkylation sites (N-methyl/N-ethyl adjacent to an activating group) is 1. The maximum atomic E-state index is 14.3. The quantitative estimate of drug-likeness (QED) is 0.0765. The Hall–Kier alpha value is -4.15. The van der Waals surface area contributed by atoms with Crippen LogP contribution in [0, 0.1) is 23.5 Å². The molecule has 5 nitrogen and oxygen atoms in total. The van der Waals surface area contributed by atoms with Crippen molar-refractivity contribution in [3.63, 3.8) is 0 Å². The number of aliphatic imine (C=N–C) groups is 1. The molecule has 0 bridgehead atoms. The zero-order valence-corrected chi connectivity index (χ0v) is 24.2. The molecule has 0 saturated carbocycles. The predicted octanol–water partition coefficient (Wildman–Crippen LogP) is 7.76. The van der Waals surface area contributed by atoms with Crippen molar-refractivity contribution in [1.29, 1.82) is 0 Å². The molecule has 0 aliphatic heterocycles. The van der Waals surface area contributed by atoms with Gasteiger partial charge in [-0.2, -0.15) is 17.6 Å². The van der Waals surface area contributed by atoms with Crippen LogP contribution >= 0.6 is 0 Å². The third-order valence-corrected chi connectivity index (χ3v) is 6.88. The summed E-state index contributed by atoms with van der Waals surface area (Å²) in [6.45, 7) is 10.5. The lowest BCUT2D eigenvalue weighted by molar-refractivity contribution is -0.137. The summed E-state index contributed by atoms with van der Waals surface area (Å²) in [6, 6.07) is 6.02. The second-order valence-electron chi connectivity index (χ2n) is 10.1. The number of carbonyl (C=O) groups excluding carboxylic acids is 2. The molecule has 1 N–H and O–H groups in total. The smallest absolute Gasteiger partial charge is 0.337 e. The number of hydrogen-bond donors (Lipinski definition) is 1. The first-order chi connectivity index (χ1) is 19.5. The van der Waals surface area contributed by atoms with E-state index in [2.05, 4.69) is 16.9 Å². The molecule has 42 heavy (non-hydrogen) atoms. The van der Waals surface area contributed by atoms with E-state index in [4.69, 9.17) is 0 Å². The molecule has 2 aromatic rings. The number of rotatable bonds is 10. The molecule has 0 fully saturated rings. The van der Waals surface area contributed by atoms with Gasteiger partial charge in [0.2, 0.25) is 5.97 Å². The minimum absolute atomic E-state index is 0.00626. The van der Waals surface area contributed by atoms with Gasteiger partial charge in [-0.3, -0.25) is 14.6 Å². The normalized spacial score (nSPS) is 13.7. The Morgan fingerprint density at radius 1 is 1.10 bits per heavy atom. The zero-order chi connectivity index (χ0) is 31.9. The van der Waals surface area contributed by atoms with Gasteiger partial charge < -0.3 is 10.2 Å². The Bertz CT molecular complexity index is 1440. The third-order valence-electron chi connectivity index (χ3n) is 6.88. The molecule has 0 spiro atoms. The van der Waals surface area contributed by atoms with Gasteiger partial charge in [-0.05, 0) is 54.7 Å². The molecular formula is C31H33F6N3O2. The number of amides is 2. The van der Waals surface area contributed by atoms with Crippen molar-refractivity contribution in [2.24, 2.45) is 16.8 Å². The highest BCUT2D eigenvalue weighted by Crippen LogP contribution is 2.35. The van der Waals surface area contributed by atoms with Gasteiger partial charge in [-0.15, -0.1) is 0 Å². The molecule has 0 aromatic heterocycles. The number of alkyl halides is 3. The minimum Gasteiger partial charge on any atom is -0.337 e. The Kier molecular flexibility index (Phi) is 11.5. The number of benzene rings is 2. The Morgan fingerprint density at radius 3 is 2.31 bits per heavy atom. The van der Waals surface area contributed by atoms with Crippen molar-refractivity contribution in [1.82, 2.24) is 4.90 Å². The maximum Gasteiger partial charge on any atom is 0.416 e. The molecular weight excluding hydrogens is 560 g/mol. The summed E-state index contributed by atoms with van der Waals surface area (Å²) in [5.41, 5.74) is -1.45. The van der Waals surface area contributed by atoms with Gasteiger partial charge >= 0.3 is 6.18 Å². The molecule has 226 valence electrons. The summed E-state index contributed by atoms with van der Waals surface area (Å²) in [5, 5.41) is 2.50. The van der Waals surface area contributed by atoms with E-state index in [0.717, 1.165) is 41.3 Å². The molecule has 2 aromatic carbocycles. The average molecular weight is 594 g/mol. The molecule has 0 heterocycles. The molecule has 0 radical (unpaired) electrons. The number of anilines is 1. The van der Waals surface area contributed by atoms with Crippen LogP contribution < -0.4 is 5.32 Å². The van der Waals surface area contributed by atoms with Crippen LogP contribution in [-0.4, -0.2) is 36.8 Å². The van der Waals surface area contributed by atoms with E-state index in [0.29, 0.717) is 5.57 Å². The summed E-state index contributed by atoms with van der Waals surface area (Å²) >= 11 is 0. The van der Waals surface area contributed by atoms with Crippen LogP contribution in [0.5, 0.6) is 0 Å². The predicted molar refractivity (Wildman–Crippen MR) is 152 cm³/mol. The van der Waals surface area contributed by atoms with Crippen LogP contribution in [0.4, 0.5) is 32.0 Å². The molecule has 11 heteroatoms. The standard InChI is InChI=1S/C31H33F6N3O2/c1-17(2)19(4)20(5)27(30(42)40(7)16-21-9-8-10-24(32)28(21)34)29(41)39-25-13-12-22(31(35,36)37)15-23(25)18(3)11-14-26(33)38-6/h8-15,17,19H,3,16H2,1-2,4-7H3,(H,39,41)/b14-11-,27-20-,38-26+. The van der Waals surface area contributed by atoms with Gasteiger partial charge in [0.25, 0.3) is 11.8 Å². The lowest BCUT2D eigenvalue weighted by Crippen LogP contribution is -2.35. The second-order valence-corrected chi connectivity index (χ2v) is 10.1. The van der Waals surface area contributed by atoms with Crippen LogP contribution in [0.3, 0.4) is 0 Å². The van der Waals surface area contributed by atoms with Gasteiger partial charge in [0.1, 0.15) is 5.57 Å². The van der Waals surface area contributed by atoms with Gasteiger partial charge in [0.15, 0.2) is 11.6 Å². The first-order valence-electron chi connectivity index (χ1n) is 12.9. The van der Waals surface area contributed by atoms with Crippen molar-refractivity contribution < 1.29 is 35.9 Å². The molecule has 0 aliphatic carbocycles. The topological polar surface area (TPSA) is 61.8 Å². The van der Waals surface area contributed by atoms with Crippen molar-refractivity contribution in [3.05, 3.63) is 94.6 Å². The first-order valence-corrected chi connectivity index (χ1v) is 12.9. The maximum absolute atomic E-state index is 14.3. The Morgan fingerprint density at radius 2 is 1.74 bits per heavy atom. The minimum atomic E-state index is -4.73. The van der Waals surface area contributed by atoms with Crippen molar-refractivity contribution in [2.75, 3.05) is 19.4 Å². The van der Waals surface area contributed by atoms with Crippen LogP contribution in [0.1, 0.15) is 44.4 Å². The van der Waals surface area contributed by atoms with E-state index in [1.807, 2.05) is 13.8 Å². The zero-order valence-electron chi connectivity index (χ0n) is 24.2. The molecule has 2 rings (SSSR count). The van der Waals surface area contributed by atoms with E-state index in [1.54, 1.807) is 13.8 Å². The van der Waals surface area contributed by atoms with Crippen molar-refractivity contribution in [2.45, 2.75) is 40.4 Å². The average Bonchev–Trinajstić information content (AvgIpc) is 2.92. The molecule has 0 aliphatic rings. The molecule has 0 saturated heterocycles. The van der Waals surface area contributed by atoms with E-state index in [9.17, 15) is 35.9 Å². The molecule has 2 amide bonds. The van der Waals surface area contributed by atoms with E-state index >= 15 is 0 Å². The highest BCUT2D eigenvalue weighted by atomic mass is 19.4. The van der Waals surface area contributed by atoms with E-state index in [1.165, 1.54) is 26.2 Å². The highest BCUT2D eigenvalue weighted by molar-refractivity contribution is 6.23. The van der Waals surface area contributed by atoms with Crippen molar-refractivity contribution in [3.8, 4) is 0 Å². The monoisotopic (exact) mass is 593 g/mol. The summed E-state index contributed by atoms with van der Waals surface area (Å²) in [5.74, 6) is -5.17. The fourth-order valence-electron chi connectivity index (χ4n) is 3.98. The van der Waals surface area contributed by atoms with Gasteiger partial charge in [-0.1, -0.05) is 51.1 Å². The molecule has 1 unspecified atom stereocenters. The lowest BCUT2D eigenvalue weighted by atomic mass is 9.87. The van der Waals surface area contributed by atoms with E-state index in [-0.39, 0.29) is 46.3 Å². The third kappa shape index (κ3) is 8.43. The van der Waals surface area contributed by atoms with Crippen LogP contribution in [0.15, 0.2) is 71.3 Å². The van der Waals surface area contributed by atoms with E-state index < -0.39 is 41.2 Å². The van der Waals surface area contributed by atoms with Gasteiger partial charge in [-0.25, -0.2) is 8.78 Å². The molecule has 1 atom stereocenters. The largest absolute Gasteiger partial charge is 0.416 e. The summed E-state index contributed by atoms with van der Waals surface area (Å²) in [4.78, 5) is 31.6. The van der Waals surface area contributed by atoms with Crippen LogP contribution in [0.25, 0.3) is 5.57 Å². The SMILES string of the molecule is C=C(/C=C\C(F)=N/C)c1cc(C(F)(F)F)ccc1NC(=O)/C(C(=O)N(C)Cc1cccc(F)c1F)=C(\C)C(C)C(C)C. The van der Waals surface area contributed by atoms with Crippen molar-refractivity contribution >= 4 is 29.0 Å². The number of nitrogens with zero attached hydrogens (tertiary/aromatic N) is 2. The van der Waals surface area contributed by atoms with Gasteiger partial charge in [0.05, 0.1) is 5.56 Å². The van der Waals surface area contributed by atoms with Crippen LogP contribution in [-0.2, 0) is 22.3 Å². The second kappa shape index (κ2) is 14.2. The summed E-state index contributed by atoms with van der Waals surface area (Å²) in [6.07, 6.45) is -2.72. The Labute approximate surface area is 241 Å². The Balaban J connectivity index is 2.59. The van der Waals surface area contributed by atoms with Gasteiger partial charge in [0, 0.05) is 37.5 Å². The fourth-order valence-corrected chi connectivity index (χ4v) is 3.98. The first kappa shape index (κ1) is 34.1. The number of carbonyl (C=O) groups is 2. The number of halogens is 6. The number of allylic oxidation sites excluding steroid dienone is 4. The fraction of sp³-hybridized carbons (Fsp3) is 0.323.